The van der Waals surface area contributed by atoms with Crippen molar-refractivity contribution in [3.63, 3.8) is 0 Å². The number of carbonyl (C=O) groups excluding carboxylic acids is 1. The summed E-state index contributed by atoms with van der Waals surface area (Å²) < 4.78 is 5.23. The fraction of sp³-hybridized carbons (Fsp3) is 0.556. The number of hydrogen-bond donors (Lipinski definition) is 3. The number of carboxylic acid groups (broad SMARTS) is 1. The van der Waals surface area contributed by atoms with E-state index in [-0.39, 0.29) is 18.9 Å². The molecule has 132 valence electrons. The molecule has 1 aliphatic carbocycles. The molecule has 4 N–H and O–H groups in total. The molecule has 0 radical (unpaired) electrons. The molecule has 0 bridgehead atoms. The molecule has 1 aromatic carbocycles. The highest BCUT2D eigenvalue weighted by Crippen LogP contribution is 2.32. The van der Waals surface area contributed by atoms with Gasteiger partial charge in [-0.15, -0.1) is 0 Å². The molecule has 0 spiro atoms. The lowest BCUT2D eigenvalue weighted by Gasteiger charge is -2.31. The predicted molar refractivity (Wildman–Crippen MR) is 87.7 cm³/mol. The Morgan fingerprint density at radius 2 is 1.83 bits per heavy atom. The topological polar surface area (TPSA) is 110 Å². The van der Waals surface area contributed by atoms with Crippen molar-refractivity contribution in [3.05, 3.63) is 35.9 Å². The molecule has 0 aromatic heterocycles. The van der Waals surface area contributed by atoms with Crippen LogP contribution in [0.1, 0.15) is 44.1 Å². The second-order valence-electron chi connectivity index (χ2n) is 6.52. The number of carbonyl (C=O) groups is 2. The first-order valence-corrected chi connectivity index (χ1v) is 8.36. The second kappa shape index (κ2) is 8.26. The number of ether oxygens (including phenoxy) is 1. The third-order valence-corrected chi connectivity index (χ3v) is 4.68. The lowest BCUT2D eigenvalue weighted by Crippen LogP contribution is -2.57. The van der Waals surface area contributed by atoms with Gasteiger partial charge >= 0.3 is 11.9 Å². The third kappa shape index (κ3) is 4.79. The van der Waals surface area contributed by atoms with Crippen LogP contribution in [0.2, 0.25) is 0 Å². The van der Waals surface area contributed by atoms with E-state index in [0.717, 1.165) is 37.7 Å². The summed E-state index contributed by atoms with van der Waals surface area (Å²) >= 11 is 0. The Balaban J connectivity index is 2.05. The molecule has 24 heavy (non-hydrogen) atoms. The van der Waals surface area contributed by atoms with Crippen LogP contribution in [0, 0.1) is 11.8 Å². The van der Waals surface area contributed by atoms with Crippen LogP contribution in [-0.2, 0) is 20.9 Å². The average Bonchev–Trinajstić information content (AvgIpc) is 2.59. The molecule has 2 atom stereocenters. The predicted octanol–water partition coefficient (Wildman–Crippen LogP) is 2.05. The standard InChI is InChI=1S/C18H25NO5/c19-18(23,17(21)22)15(11-13-7-3-1-4-8-13)16(20)24-12-14-9-5-2-6-10-14/h2,5-6,9-10,13,15,23H,1,3-4,7-8,11-12,19H2,(H,21,22)/t15-,18-/m1/s1. The molecule has 1 aromatic rings. The molecule has 6 heteroatoms. The summed E-state index contributed by atoms with van der Waals surface area (Å²) in [7, 11) is 0. The smallest absolute Gasteiger partial charge is 0.351 e. The number of benzene rings is 1. The van der Waals surface area contributed by atoms with E-state index in [1.807, 2.05) is 18.2 Å². The van der Waals surface area contributed by atoms with Gasteiger partial charge in [0.2, 0.25) is 5.72 Å². The molecule has 2 rings (SSSR count). The lowest BCUT2D eigenvalue weighted by molar-refractivity contribution is -0.178. The van der Waals surface area contributed by atoms with Gasteiger partial charge in [-0.05, 0) is 17.9 Å². The van der Waals surface area contributed by atoms with Crippen LogP contribution >= 0.6 is 0 Å². The largest absolute Gasteiger partial charge is 0.478 e. The number of esters is 1. The summed E-state index contributed by atoms with van der Waals surface area (Å²) in [5.74, 6) is -3.47. The van der Waals surface area contributed by atoms with Crippen molar-refractivity contribution in [2.75, 3.05) is 0 Å². The first kappa shape index (κ1) is 18.4. The molecule has 1 saturated carbocycles. The Bertz CT molecular complexity index is 552. The molecule has 0 saturated heterocycles. The number of aliphatic carboxylic acids is 1. The van der Waals surface area contributed by atoms with E-state index in [1.54, 1.807) is 12.1 Å². The zero-order chi connectivity index (χ0) is 17.6. The minimum absolute atomic E-state index is 0.0243. The minimum atomic E-state index is -2.62. The Morgan fingerprint density at radius 3 is 2.42 bits per heavy atom. The number of hydrogen-bond acceptors (Lipinski definition) is 5. The van der Waals surface area contributed by atoms with Gasteiger partial charge in [0.1, 0.15) is 12.5 Å². The summed E-state index contributed by atoms with van der Waals surface area (Å²) in [5.41, 5.74) is 3.72. The van der Waals surface area contributed by atoms with Crippen molar-refractivity contribution >= 4 is 11.9 Å². The van der Waals surface area contributed by atoms with Crippen molar-refractivity contribution in [2.24, 2.45) is 17.6 Å². The summed E-state index contributed by atoms with van der Waals surface area (Å²) in [6.07, 6.45) is 5.30. The van der Waals surface area contributed by atoms with Gasteiger partial charge in [-0.2, -0.15) is 0 Å². The van der Waals surface area contributed by atoms with Gasteiger partial charge in [0, 0.05) is 0 Å². The second-order valence-corrected chi connectivity index (χ2v) is 6.52. The Hall–Kier alpha value is -1.92. The fourth-order valence-corrected chi connectivity index (χ4v) is 3.19. The van der Waals surface area contributed by atoms with Crippen LogP contribution in [-0.4, -0.2) is 27.9 Å². The molecular weight excluding hydrogens is 310 g/mol. The SMILES string of the molecule is N[C@](O)(C(=O)O)[C@H](CC1CCCCC1)C(=O)OCc1ccccc1. The fourth-order valence-electron chi connectivity index (χ4n) is 3.19. The first-order chi connectivity index (χ1) is 11.4. The maximum atomic E-state index is 12.4. The van der Waals surface area contributed by atoms with Crippen molar-refractivity contribution in [2.45, 2.75) is 50.9 Å². The summed E-state index contributed by atoms with van der Waals surface area (Å²) in [4.78, 5) is 23.7. The van der Waals surface area contributed by atoms with Gasteiger partial charge < -0.3 is 14.9 Å². The van der Waals surface area contributed by atoms with Crippen LogP contribution in [0.25, 0.3) is 0 Å². The van der Waals surface area contributed by atoms with E-state index < -0.39 is 23.6 Å². The highest BCUT2D eigenvalue weighted by atomic mass is 16.5. The Morgan fingerprint density at radius 1 is 1.21 bits per heavy atom. The van der Waals surface area contributed by atoms with Crippen molar-refractivity contribution in [3.8, 4) is 0 Å². The van der Waals surface area contributed by atoms with Crippen molar-refractivity contribution in [1.82, 2.24) is 0 Å². The summed E-state index contributed by atoms with van der Waals surface area (Å²) in [6.45, 7) is 0.0243. The number of aliphatic hydroxyl groups is 1. The maximum absolute atomic E-state index is 12.4. The molecule has 1 fully saturated rings. The maximum Gasteiger partial charge on any atom is 0.351 e. The van der Waals surface area contributed by atoms with Gasteiger partial charge in [0.25, 0.3) is 0 Å². The molecule has 0 aliphatic heterocycles. The van der Waals surface area contributed by atoms with E-state index in [4.69, 9.17) is 10.5 Å². The first-order valence-electron chi connectivity index (χ1n) is 8.36. The van der Waals surface area contributed by atoms with Crippen LogP contribution in [0.15, 0.2) is 30.3 Å². The summed E-state index contributed by atoms with van der Waals surface area (Å²) in [5, 5.41) is 19.3. The third-order valence-electron chi connectivity index (χ3n) is 4.68. The van der Waals surface area contributed by atoms with Gasteiger partial charge in [-0.1, -0.05) is 62.4 Å². The minimum Gasteiger partial charge on any atom is -0.478 e. The highest BCUT2D eigenvalue weighted by Gasteiger charge is 2.46. The van der Waals surface area contributed by atoms with Crippen LogP contribution in [0.5, 0.6) is 0 Å². The van der Waals surface area contributed by atoms with E-state index in [9.17, 15) is 19.8 Å². The number of nitrogens with two attached hydrogens (primary N) is 1. The highest BCUT2D eigenvalue weighted by molar-refractivity contribution is 5.85. The normalized spacial score (nSPS) is 19.2. The van der Waals surface area contributed by atoms with E-state index in [1.165, 1.54) is 0 Å². The molecular formula is C18H25NO5. The quantitative estimate of drug-likeness (QED) is 0.519. The van der Waals surface area contributed by atoms with Crippen LogP contribution in [0.4, 0.5) is 0 Å². The zero-order valence-electron chi connectivity index (χ0n) is 13.7. The van der Waals surface area contributed by atoms with Gasteiger partial charge in [-0.3, -0.25) is 10.5 Å². The van der Waals surface area contributed by atoms with E-state index >= 15 is 0 Å². The van der Waals surface area contributed by atoms with Gasteiger partial charge in [-0.25, -0.2) is 4.79 Å². The van der Waals surface area contributed by atoms with Crippen molar-refractivity contribution < 1.29 is 24.5 Å². The van der Waals surface area contributed by atoms with Crippen molar-refractivity contribution in [1.29, 1.82) is 0 Å². The van der Waals surface area contributed by atoms with Crippen LogP contribution in [0.3, 0.4) is 0 Å². The lowest BCUT2D eigenvalue weighted by atomic mass is 9.79. The molecule has 6 nitrogen and oxygen atoms in total. The zero-order valence-corrected chi connectivity index (χ0v) is 13.7. The van der Waals surface area contributed by atoms with Crippen LogP contribution < -0.4 is 5.73 Å². The molecule has 0 heterocycles. The Labute approximate surface area is 141 Å². The van der Waals surface area contributed by atoms with E-state index in [0.29, 0.717) is 0 Å². The monoisotopic (exact) mass is 335 g/mol. The Kier molecular flexibility index (Phi) is 6.34. The summed E-state index contributed by atoms with van der Waals surface area (Å²) in [6, 6.07) is 9.09. The molecule has 0 amide bonds. The number of carboxylic acids is 1. The van der Waals surface area contributed by atoms with Gasteiger partial charge in [0.15, 0.2) is 0 Å². The average molecular weight is 335 g/mol. The molecule has 1 aliphatic rings. The van der Waals surface area contributed by atoms with Gasteiger partial charge in [0.05, 0.1) is 0 Å². The number of rotatable bonds is 7. The molecule has 0 unspecified atom stereocenters. The van der Waals surface area contributed by atoms with E-state index in [2.05, 4.69) is 0 Å².